The first kappa shape index (κ1) is 15.7. The maximum absolute atomic E-state index is 12.8. The summed E-state index contributed by atoms with van der Waals surface area (Å²) in [7, 11) is 0. The highest BCUT2D eigenvalue weighted by Crippen LogP contribution is 2.30. The minimum atomic E-state index is -0.141. The molecule has 124 valence electrons. The highest BCUT2D eigenvalue weighted by Gasteiger charge is 2.32. The summed E-state index contributed by atoms with van der Waals surface area (Å²) in [5.41, 5.74) is 1.32. The Kier molecular flexibility index (Phi) is 4.45. The fourth-order valence-corrected chi connectivity index (χ4v) is 2.91. The quantitative estimate of drug-likeness (QED) is 0.940. The molecule has 0 bridgehead atoms. The smallest absolute Gasteiger partial charge is 0.274 e. The van der Waals surface area contributed by atoms with Crippen LogP contribution in [-0.2, 0) is 0 Å². The van der Waals surface area contributed by atoms with Gasteiger partial charge in [-0.3, -0.25) is 9.89 Å². The van der Waals surface area contributed by atoms with E-state index in [0.29, 0.717) is 24.0 Å². The number of amides is 1. The normalized spacial score (nSPS) is 19.1. The predicted octanol–water partition coefficient (Wildman–Crippen LogP) is 2.98. The Morgan fingerprint density at radius 1 is 1.39 bits per heavy atom. The number of nitrogens with one attached hydrogen (secondary N) is 1. The lowest BCUT2D eigenvalue weighted by Crippen LogP contribution is -2.35. The van der Waals surface area contributed by atoms with Crippen molar-refractivity contribution in [2.24, 2.45) is 0 Å². The Morgan fingerprint density at radius 3 is 2.87 bits per heavy atom. The van der Waals surface area contributed by atoms with E-state index in [1.807, 2.05) is 25.7 Å². The van der Waals surface area contributed by atoms with Crippen molar-refractivity contribution in [1.82, 2.24) is 25.2 Å². The molecule has 1 fully saturated rings. The van der Waals surface area contributed by atoms with Gasteiger partial charge in [-0.05, 0) is 25.8 Å². The van der Waals surface area contributed by atoms with Crippen LogP contribution in [0.15, 0.2) is 10.6 Å². The topological polar surface area (TPSA) is 87.9 Å². The maximum Gasteiger partial charge on any atom is 0.274 e. The zero-order valence-corrected chi connectivity index (χ0v) is 13.9. The van der Waals surface area contributed by atoms with Crippen LogP contribution in [0.5, 0.6) is 0 Å². The van der Waals surface area contributed by atoms with Crippen LogP contribution in [-0.4, -0.2) is 37.7 Å². The van der Waals surface area contributed by atoms with Crippen molar-refractivity contribution in [2.45, 2.75) is 58.4 Å². The lowest BCUT2D eigenvalue weighted by molar-refractivity contribution is 0.0664. The third-order valence-electron chi connectivity index (χ3n) is 4.19. The lowest BCUT2D eigenvalue weighted by atomic mass is 10.1. The minimum absolute atomic E-state index is 0.0721. The number of rotatable bonds is 3. The SMILES string of the molecule is Cc1cc(C(=O)N2CCCCCC2c2noc(C(C)C)n2)n[nH]1. The van der Waals surface area contributed by atoms with E-state index in [1.165, 1.54) is 0 Å². The predicted molar refractivity (Wildman–Crippen MR) is 84.0 cm³/mol. The van der Waals surface area contributed by atoms with E-state index in [1.54, 1.807) is 6.07 Å². The third kappa shape index (κ3) is 3.28. The summed E-state index contributed by atoms with van der Waals surface area (Å²) in [4.78, 5) is 19.2. The number of hydrogen-bond donors (Lipinski definition) is 1. The van der Waals surface area contributed by atoms with Crippen LogP contribution in [0.2, 0.25) is 0 Å². The summed E-state index contributed by atoms with van der Waals surface area (Å²) in [6, 6.07) is 1.64. The molecule has 0 spiro atoms. The molecule has 1 saturated heterocycles. The number of aryl methyl sites for hydroxylation is 1. The second kappa shape index (κ2) is 6.52. The average Bonchev–Trinajstić information content (AvgIpc) is 3.10. The number of aromatic amines is 1. The molecule has 23 heavy (non-hydrogen) atoms. The van der Waals surface area contributed by atoms with Gasteiger partial charge in [0.1, 0.15) is 5.69 Å². The molecule has 2 aromatic rings. The summed E-state index contributed by atoms with van der Waals surface area (Å²) >= 11 is 0. The first-order chi connectivity index (χ1) is 11.1. The van der Waals surface area contributed by atoms with Crippen molar-refractivity contribution in [1.29, 1.82) is 0 Å². The molecule has 2 aromatic heterocycles. The molecule has 7 heteroatoms. The highest BCUT2D eigenvalue weighted by molar-refractivity contribution is 5.92. The van der Waals surface area contributed by atoms with Gasteiger partial charge in [0.05, 0.1) is 6.04 Å². The van der Waals surface area contributed by atoms with Crippen LogP contribution in [0.4, 0.5) is 0 Å². The Bertz CT molecular complexity index is 676. The molecule has 1 aliphatic rings. The largest absolute Gasteiger partial charge is 0.339 e. The number of H-pyrrole nitrogens is 1. The van der Waals surface area contributed by atoms with Gasteiger partial charge < -0.3 is 9.42 Å². The molecule has 1 N–H and O–H groups in total. The van der Waals surface area contributed by atoms with Crippen molar-refractivity contribution in [2.75, 3.05) is 6.54 Å². The summed E-state index contributed by atoms with van der Waals surface area (Å²) < 4.78 is 5.34. The molecule has 1 unspecified atom stereocenters. The molecule has 7 nitrogen and oxygen atoms in total. The minimum Gasteiger partial charge on any atom is -0.339 e. The molecule has 0 radical (unpaired) electrons. The highest BCUT2D eigenvalue weighted by atomic mass is 16.5. The van der Waals surface area contributed by atoms with E-state index in [9.17, 15) is 4.79 Å². The summed E-state index contributed by atoms with van der Waals surface area (Å²) in [6.07, 6.45) is 4.00. The van der Waals surface area contributed by atoms with Crippen LogP contribution in [0.1, 0.15) is 79.4 Å². The zero-order valence-electron chi connectivity index (χ0n) is 13.9. The molecule has 3 heterocycles. The standard InChI is InChI=1S/C16H23N5O2/c1-10(2)15-17-14(20-23-15)13-7-5-4-6-8-21(13)16(22)12-9-11(3)18-19-12/h9-10,13H,4-8H2,1-3H3,(H,18,19). The molecular formula is C16H23N5O2. The fourth-order valence-electron chi connectivity index (χ4n) is 2.91. The van der Waals surface area contributed by atoms with Gasteiger partial charge in [0, 0.05) is 18.2 Å². The maximum atomic E-state index is 12.8. The van der Waals surface area contributed by atoms with Gasteiger partial charge >= 0.3 is 0 Å². The molecule has 0 aliphatic carbocycles. The Labute approximate surface area is 135 Å². The number of aromatic nitrogens is 4. The average molecular weight is 317 g/mol. The molecule has 3 rings (SSSR count). The van der Waals surface area contributed by atoms with Crippen LogP contribution >= 0.6 is 0 Å². The lowest BCUT2D eigenvalue weighted by Gasteiger charge is -2.27. The van der Waals surface area contributed by atoms with E-state index >= 15 is 0 Å². The second-order valence-corrected chi connectivity index (χ2v) is 6.45. The van der Waals surface area contributed by atoms with E-state index < -0.39 is 0 Å². The van der Waals surface area contributed by atoms with Gasteiger partial charge in [-0.2, -0.15) is 10.1 Å². The molecule has 1 amide bonds. The number of nitrogens with zero attached hydrogens (tertiary/aromatic N) is 4. The first-order valence-corrected chi connectivity index (χ1v) is 8.22. The van der Waals surface area contributed by atoms with Crippen LogP contribution < -0.4 is 0 Å². The van der Waals surface area contributed by atoms with Gasteiger partial charge in [-0.1, -0.05) is 31.8 Å². The van der Waals surface area contributed by atoms with Crippen LogP contribution in [0, 0.1) is 6.92 Å². The van der Waals surface area contributed by atoms with Crippen molar-refractivity contribution < 1.29 is 9.32 Å². The number of carbonyl (C=O) groups excluding carboxylic acids is 1. The number of hydrogen-bond acceptors (Lipinski definition) is 5. The summed E-state index contributed by atoms with van der Waals surface area (Å²) in [5, 5.41) is 11.1. The van der Waals surface area contributed by atoms with E-state index in [2.05, 4.69) is 20.3 Å². The first-order valence-electron chi connectivity index (χ1n) is 8.22. The van der Waals surface area contributed by atoms with Gasteiger partial charge in [-0.25, -0.2) is 0 Å². The Morgan fingerprint density at radius 2 is 2.22 bits per heavy atom. The Hall–Kier alpha value is -2.18. The summed E-state index contributed by atoms with van der Waals surface area (Å²) in [6.45, 7) is 6.61. The van der Waals surface area contributed by atoms with Gasteiger partial charge in [0.2, 0.25) is 5.89 Å². The van der Waals surface area contributed by atoms with Crippen molar-refractivity contribution in [3.05, 3.63) is 29.2 Å². The number of likely N-dealkylation sites (tertiary alicyclic amines) is 1. The van der Waals surface area contributed by atoms with Crippen LogP contribution in [0.3, 0.4) is 0 Å². The van der Waals surface area contributed by atoms with Crippen molar-refractivity contribution in [3.8, 4) is 0 Å². The molecule has 0 saturated carbocycles. The number of carbonyl (C=O) groups is 1. The molecular weight excluding hydrogens is 294 g/mol. The van der Waals surface area contributed by atoms with Crippen molar-refractivity contribution >= 4 is 5.91 Å². The van der Waals surface area contributed by atoms with Gasteiger partial charge in [0.15, 0.2) is 5.82 Å². The monoisotopic (exact) mass is 317 g/mol. The third-order valence-corrected chi connectivity index (χ3v) is 4.19. The van der Waals surface area contributed by atoms with E-state index in [0.717, 1.165) is 31.4 Å². The summed E-state index contributed by atoms with van der Waals surface area (Å²) in [5.74, 6) is 1.33. The van der Waals surface area contributed by atoms with Gasteiger partial charge in [-0.15, -0.1) is 0 Å². The molecule has 1 aliphatic heterocycles. The zero-order chi connectivity index (χ0) is 16.4. The van der Waals surface area contributed by atoms with Crippen LogP contribution in [0.25, 0.3) is 0 Å². The Balaban J connectivity index is 1.89. The molecule has 1 atom stereocenters. The molecule has 0 aromatic carbocycles. The van der Waals surface area contributed by atoms with Crippen molar-refractivity contribution in [3.63, 3.8) is 0 Å². The van der Waals surface area contributed by atoms with Gasteiger partial charge in [0.25, 0.3) is 5.91 Å². The fraction of sp³-hybridized carbons (Fsp3) is 0.625. The van der Waals surface area contributed by atoms with E-state index in [-0.39, 0.29) is 17.9 Å². The van der Waals surface area contributed by atoms with E-state index in [4.69, 9.17) is 4.52 Å². The second-order valence-electron chi connectivity index (χ2n) is 6.45.